The maximum absolute atomic E-state index is 12.9. The Bertz CT molecular complexity index is 1060. The van der Waals surface area contributed by atoms with Crippen molar-refractivity contribution < 1.29 is 9.59 Å². The Morgan fingerprint density at radius 2 is 1.66 bits per heavy atom. The molecule has 1 aliphatic rings. The summed E-state index contributed by atoms with van der Waals surface area (Å²) in [5, 5.41) is 5.91. The zero-order valence-corrected chi connectivity index (χ0v) is 18.1. The Balaban J connectivity index is 1.35. The van der Waals surface area contributed by atoms with E-state index in [1.54, 1.807) is 36.7 Å². The number of aromatic nitrogens is 2. The van der Waals surface area contributed by atoms with Crippen LogP contribution in [-0.2, 0) is 11.3 Å². The predicted octanol–water partition coefficient (Wildman–Crippen LogP) is 3.57. The van der Waals surface area contributed by atoms with Crippen LogP contribution in [0.4, 0.5) is 11.6 Å². The number of para-hydroxylation sites is 1. The predicted molar refractivity (Wildman–Crippen MR) is 124 cm³/mol. The first kappa shape index (κ1) is 21.5. The minimum absolute atomic E-state index is 0.0579. The summed E-state index contributed by atoms with van der Waals surface area (Å²) < 4.78 is 0. The van der Waals surface area contributed by atoms with Crippen molar-refractivity contribution in [1.29, 1.82) is 0 Å². The Kier molecular flexibility index (Phi) is 6.75. The number of carbonyl (C=O) groups is 2. The van der Waals surface area contributed by atoms with Crippen LogP contribution in [0.25, 0.3) is 0 Å². The van der Waals surface area contributed by atoms with Crippen molar-refractivity contribution in [2.45, 2.75) is 26.3 Å². The fourth-order valence-electron chi connectivity index (χ4n) is 3.80. The van der Waals surface area contributed by atoms with Gasteiger partial charge in [-0.3, -0.25) is 9.59 Å². The molecule has 3 aromatic rings. The molecule has 0 atom stereocenters. The van der Waals surface area contributed by atoms with Gasteiger partial charge in [0.1, 0.15) is 0 Å². The Morgan fingerprint density at radius 3 is 2.38 bits per heavy atom. The van der Waals surface area contributed by atoms with E-state index in [2.05, 4.69) is 25.5 Å². The Morgan fingerprint density at radius 1 is 0.969 bits per heavy atom. The molecule has 2 N–H and O–H groups in total. The van der Waals surface area contributed by atoms with Crippen molar-refractivity contribution in [2.75, 3.05) is 23.3 Å². The van der Waals surface area contributed by atoms with Crippen molar-refractivity contribution in [1.82, 2.24) is 15.3 Å². The van der Waals surface area contributed by atoms with Gasteiger partial charge in [0.15, 0.2) is 0 Å². The van der Waals surface area contributed by atoms with Crippen LogP contribution in [0.2, 0.25) is 0 Å². The van der Waals surface area contributed by atoms with Gasteiger partial charge in [0.25, 0.3) is 5.91 Å². The van der Waals surface area contributed by atoms with Crippen molar-refractivity contribution in [3.63, 3.8) is 0 Å². The number of nitrogens with zero attached hydrogens (tertiary/aromatic N) is 3. The number of hydrogen-bond acceptors (Lipinski definition) is 5. The van der Waals surface area contributed by atoms with E-state index in [1.165, 1.54) is 5.56 Å². The fraction of sp³-hybridized carbons (Fsp3) is 0.280. The molecule has 164 valence electrons. The minimum Gasteiger partial charge on any atom is -0.348 e. The van der Waals surface area contributed by atoms with Gasteiger partial charge in [0.05, 0.1) is 11.3 Å². The van der Waals surface area contributed by atoms with Gasteiger partial charge in [0, 0.05) is 37.9 Å². The van der Waals surface area contributed by atoms with Gasteiger partial charge in [-0.2, -0.15) is 0 Å². The highest BCUT2D eigenvalue weighted by Crippen LogP contribution is 2.23. The second-order valence-corrected chi connectivity index (χ2v) is 8.01. The topological polar surface area (TPSA) is 87.2 Å². The van der Waals surface area contributed by atoms with Gasteiger partial charge in [0.2, 0.25) is 11.9 Å². The molecule has 2 heterocycles. The first-order chi connectivity index (χ1) is 15.6. The van der Waals surface area contributed by atoms with Gasteiger partial charge in [-0.1, -0.05) is 42.0 Å². The van der Waals surface area contributed by atoms with Crippen molar-refractivity contribution in [3.8, 4) is 0 Å². The first-order valence-electron chi connectivity index (χ1n) is 10.9. The minimum atomic E-state index is -0.211. The normalized spacial score (nSPS) is 14.1. The molecule has 1 fully saturated rings. The van der Waals surface area contributed by atoms with E-state index in [1.807, 2.05) is 37.3 Å². The number of benzene rings is 2. The monoisotopic (exact) mass is 429 g/mol. The van der Waals surface area contributed by atoms with E-state index in [9.17, 15) is 9.59 Å². The van der Waals surface area contributed by atoms with Crippen LogP contribution in [-0.4, -0.2) is 34.9 Å². The third-order valence-corrected chi connectivity index (χ3v) is 5.70. The number of hydrogen-bond donors (Lipinski definition) is 2. The highest BCUT2D eigenvalue weighted by molar-refractivity contribution is 6.04. The average molecular weight is 430 g/mol. The molecule has 7 nitrogen and oxygen atoms in total. The molecule has 2 aromatic carbocycles. The molecule has 2 amide bonds. The zero-order chi connectivity index (χ0) is 22.3. The molecule has 0 saturated carbocycles. The molecule has 1 aliphatic heterocycles. The van der Waals surface area contributed by atoms with E-state index in [0.717, 1.165) is 18.7 Å². The highest BCUT2D eigenvalue weighted by atomic mass is 16.2. The Hall–Kier alpha value is -3.74. The van der Waals surface area contributed by atoms with Crippen LogP contribution in [0.15, 0.2) is 67.0 Å². The van der Waals surface area contributed by atoms with Crippen LogP contribution in [0.3, 0.4) is 0 Å². The Labute approximate surface area is 187 Å². The highest BCUT2D eigenvalue weighted by Gasteiger charge is 2.27. The summed E-state index contributed by atoms with van der Waals surface area (Å²) in [6, 6.07) is 16.9. The summed E-state index contributed by atoms with van der Waals surface area (Å²) >= 11 is 0. The molecular formula is C25H27N5O2. The maximum atomic E-state index is 12.9. The summed E-state index contributed by atoms with van der Waals surface area (Å²) in [4.78, 5) is 36.3. The van der Waals surface area contributed by atoms with E-state index >= 15 is 0 Å². The lowest BCUT2D eigenvalue weighted by atomic mass is 9.96. The van der Waals surface area contributed by atoms with Gasteiger partial charge in [-0.15, -0.1) is 0 Å². The lowest BCUT2D eigenvalue weighted by Gasteiger charge is -2.31. The van der Waals surface area contributed by atoms with Crippen molar-refractivity contribution in [3.05, 3.63) is 83.7 Å². The molecule has 32 heavy (non-hydrogen) atoms. The number of piperidine rings is 1. The van der Waals surface area contributed by atoms with Gasteiger partial charge in [-0.05, 0) is 43.5 Å². The second-order valence-electron chi connectivity index (χ2n) is 8.01. The second kappa shape index (κ2) is 10.0. The summed E-state index contributed by atoms with van der Waals surface area (Å²) in [5.41, 5.74) is 3.20. The SMILES string of the molecule is Cc1ccc(CNC(=O)c2ccccc2NC(=O)C2CCN(c3ncccn3)CC2)cc1. The maximum Gasteiger partial charge on any atom is 0.253 e. The molecule has 0 spiro atoms. The lowest BCUT2D eigenvalue weighted by molar-refractivity contribution is -0.120. The number of carbonyl (C=O) groups excluding carboxylic acids is 2. The van der Waals surface area contributed by atoms with Crippen LogP contribution in [0.1, 0.15) is 34.3 Å². The van der Waals surface area contributed by atoms with Gasteiger partial charge in [-0.25, -0.2) is 9.97 Å². The summed E-state index contributed by atoms with van der Waals surface area (Å²) in [5.74, 6) is 0.315. The third-order valence-electron chi connectivity index (χ3n) is 5.70. The molecule has 0 radical (unpaired) electrons. The molecule has 0 bridgehead atoms. The molecular weight excluding hydrogens is 402 g/mol. The quantitative estimate of drug-likeness (QED) is 0.626. The summed E-state index contributed by atoms with van der Waals surface area (Å²) in [6.07, 6.45) is 4.88. The largest absolute Gasteiger partial charge is 0.348 e. The summed E-state index contributed by atoms with van der Waals surface area (Å²) in [6.45, 7) is 3.91. The molecule has 1 aromatic heterocycles. The van der Waals surface area contributed by atoms with E-state index in [0.29, 0.717) is 36.6 Å². The summed E-state index contributed by atoms with van der Waals surface area (Å²) in [7, 11) is 0. The molecule has 0 unspecified atom stereocenters. The van der Waals surface area contributed by atoms with E-state index in [4.69, 9.17) is 0 Å². The standard InChI is InChI=1S/C25H27N5O2/c1-18-7-9-19(10-8-18)17-28-24(32)21-5-2-3-6-22(21)29-23(31)20-11-15-30(16-12-20)25-26-13-4-14-27-25/h2-10,13-14,20H,11-12,15-17H2,1H3,(H,28,32)(H,29,31). The van der Waals surface area contributed by atoms with Crippen LogP contribution >= 0.6 is 0 Å². The number of rotatable bonds is 6. The number of nitrogens with one attached hydrogen (secondary N) is 2. The molecule has 7 heteroatoms. The zero-order valence-electron chi connectivity index (χ0n) is 18.1. The first-order valence-corrected chi connectivity index (χ1v) is 10.9. The molecule has 4 rings (SSSR count). The van der Waals surface area contributed by atoms with E-state index in [-0.39, 0.29) is 17.7 Å². The lowest BCUT2D eigenvalue weighted by Crippen LogP contribution is -2.39. The average Bonchev–Trinajstić information content (AvgIpc) is 2.84. The van der Waals surface area contributed by atoms with Crippen LogP contribution < -0.4 is 15.5 Å². The number of amides is 2. The third kappa shape index (κ3) is 5.29. The van der Waals surface area contributed by atoms with Crippen molar-refractivity contribution >= 4 is 23.5 Å². The fourth-order valence-corrected chi connectivity index (χ4v) is 3.80. The number of aryl methyl sites for hydroxylation is 1. The van der Waals surface area contributed by atoms with Crippen LogP contribution in [0.5, 0.6) is 0 Å². The number of anilines is 2. The van der Waals surface area contributed by atoms with Crippen molar-refractivity contribution in [2.24, 2.45) is 5.92 Å². The van der Waals surface area contributed by atoms with E-state index < -0.39 is 0 Å². The molecule has 0 aliphatic carbocycles. The smallest absolute Gasteiger partial charge is 0.253 e. The van der Waals surface area contributed by atoms with Gasteiger partial charge >= 0.3 is 0 Å². The van der Waals surface area contributed by atoms with Crippen LogP contribution in [0, 0.1) is 12.8 Å². The van der Waals surface area contributed by atoms with Gasteiger partial charge < -0.3 is 15.5 Å². The molecule has 1 saturated heterocycles.